The summed E-state index contributed by atoms with van der Waals surface area (Å²) >= 11 is 3.24. The lowest BCUT2D eigenvalue weighted by Crippen LogP contribution is -2.29. The number of hydrogen-bond acceptors (Lipinski definition) is 5. The van der Waals surface area contributed by atoms with Crippen LogP contribution in [0.5, 0.6) is 5.75 Å². The summed E-state index contributed by atoms with van der Waals surface area (Å²) in [7, 11) is 1.85. The van der Waals surface area contributed by atoms with Crippen molar-refractivity contribution in [1.29, 1.82) is 0 Å². The third-order valence-corrected chi connectivity index (χ3v) is 4.19. The molecule has 1 N–H and O–H groups in total. The maximum Gasteiger partial charge on any atom is 0.270 e. The molecule has 0 heterocycles. The fourth-order valence-electron chi connectivity index (χ4n) is 2.38. The van der Waals surface area contributed by atoms with Crippen LogP contribution in [-0.2, 0) is 11.3 Å². The van der Waals surface area contributed by atoms with E-state index in [1.807, 2.05) is 43.1 Å². The Balaban J connectivity index is 1.89. The molecule has 1 amide bonds. The van der Waals surface area contributed by atoms with Crippen molar-refractivity contribution in [2.24, 2.45) is 0 Å². The number of benzene rings is 2. The molecule has 0 saturated heterocycles. The first-order valence-corrected chi connectivity index (χ1v) is 8.82. The quantitative estimate of drug-likeness (QED) is 0.517. The summed E-state index contributed by atoms with van der Waals surface area (Å²) in [6, 6.07) is 12.0. The number of carbonyl (C=O) groups excluding carboxylic acids is 1. The minimum atomic E-state index is -0.485. The van der Waals surface area contributed by atoms with E-state index in [1.54, 1.807) is 0 Å². The van der Waals surface area contributed by atoms with Gasteiger partial charge in [0, 0.05) is 23.2 Å². The van der Waals surface area contributed by atoms with Crippen molar-refractivity contribution >= 4 is 33.2 Å². The zero-order valence-corrected chi connectivity index (χ0v) is 16.2. The van der Waals surface area contributed by atoms with E-state index in [0.717, 1.165) is 11.3 Å². The van der Waals surface area contributed by atoms with Crippen LogP contribution in [0.3, 0.4) is 0 Å². The van der Waals surface area contributed by atoms with Gasteiger partial charge in [0.1, 0.15) is 5.75 Å². The van der Waals surface area contributed by atoms with Crippen molar-refractivity contribution in [2.75, 3.05) is 25.5 Å². The summed E-state index contributed by atoms with van der Waals surface area (Å²) in [5.41, 5.74) is 1.53. The lowest BCUT2D eigenvalue weighted by molar-refractivity contribution is -0.384. The van der Waals surface area contributed by atoms with Crippen LogP contribution >= 0.6 is 15.9 Å². The SMILES string of the molecule is CCOc1ccc(CN(C)CC(=O)Nc2ccc([N+](=O)[O-])cc2Br)cc1. The second-order valence-electron chi connectivity index (χ2n) is 5.72. The summed E-state index contributed by atoms with van der Waals surface area (Å²) < 4.78 is 5.87. The third kappa shape index (κ3) is 5.82. The van der Waals surface area contributed by atoms with Crippen molar-refractivity contribution in [1.82, 2.24) is 4.90 Å². The number of nitrogens with zero attached hydrogens (tertiary/aromatic N) is 2. The molecule has 138 valence electrons. The Bertz CT molecular complexity index is 781. The number of hydrogen-bond donors (Lipinski definition) is 1. The molecule has 0 radical (unpaired) electrons. The number of likely N-dealkylation sites (N-methyl/N-ethyl adjacent to an activating group) is 1. The van der Waals surface area contributed by atoms with Crippen molar-refractivity contribution in [2.45, 2.75) is 13.5 Å². The molecular weight excluding hydrogens is 402 g/mol. The Morgan fingerprint density at radius 3 is 2.54 bits per heavy atom. The van der Waals surface area contributed by atoms with Crippen LogP contribution in [0.2, 0.25) is 0 Å². The molecule has 0 aliphatic carbocycles. The molecular formula is C18H20BrN3O4. The summed E-state index contributed by atoms with van der Waals surface area (Å²) in [4.78, 5) is 24.3. The van der Waals surface area contributed by atoms with Gasteiger partial charge in [-0.2, -0.15) is 0 Å². The normalized spacial score (nSPS) is 10.6. The number of halogens is 1. The summed E-state index contributed by atoms with van der Waals surface area (Å²) in [5.74, 6) is 0.618. The molecule has 8 heteroatoms. The highest BCUT2D eigenvalue weighted by Gasteiger charge is 2.12. The average molecular weight is 422 g/mol. The zero-order chi connectivity index (χ0) is 19.1. The molecule has 0 saturated carbocycles. The van der Waals surface area contributed by atoms with Gasteiger partial charge in [-0.15, -0.1) is 0 Å². The highest BCUT2D eigenvalue weighted by molar-refractivity contribution is 9.10. The van der Waals surface area contributed by atoms with Crippen LogP contribution in [0.4, 0.5) is 11.4 Å². The average Bonchev–Trinajstić information content (AvgIpc) is 2.58. The Hall–Kier alpha value is -2.45. The van der Waals surface area contributed by atoms with E-state index in [4.69, 9.17) is 4.74 Å². The monoisotopic (exact) mass is 421 g/mol. The van der Waals surface area contributed by atoms with E-state index in [9.17, 15) is 14.9 Å². The van der Waals surface area contributed by atoms with E-state index < -0.39 is 4.92 Å². The molecule has 2 aromatic rings. The molecule has 0 unspecified atom stereocenters. The van der Waals surface area contributed by atoms with Crippen LogP contribution in [0.15, 0.2) is 46.9 Å². The number of rotatable bonds is 8. The Labute approximate surface area is 160 Å². The van der Waals surface area contributed by atoms with E-state index in [-0.39, 0.29) is 18.1 Å². The first-order chi connectivity index (χ1) is 12.4. The van der Waals surface area contributed by atoms with Gasteiger partial charge in [-0.05, 0) is 53.7 Å². The molecule has 0 atom stereocenters. The Kier molecular flexibility index (Phi) is 7.11. The van der Waals surface area contributed by atoms with Crippen molar-refractivity contribution < 1.29 is 14.5 Å². The number of amides is 1. The third-order valence-electron chi connectivity index (χ3n) is 3.54. The Morgan fingerprint density at radius 1 is 1.27 bits per heavy atom. The number of nitrogens with one attached hydrogen (secondary N) is 1. The largest absolute Gasteiger partial charge is 0.494 e. The predicted octanol–water partition coefficient (Wildman–Crippen LogP) is 3.83. The van der Waals surface area contributed by atoms with E-state index in [2.05, 4.69) is 21.2 Å². The fourth-order valence-corrected chi connectivity index (χ4v) is 2.85. The summed E-state index contributed by atoms with van der Waals surface area (Å²) in [6.45, 7) is 3.36. The van der Waals surface area contributed by atoms with Crippen molar-refractivity contribution in [3.8, 4) is 5.75 Å². The topological polar surface area (TPSA) is 84.7 Å². The molecule has 0 aromatic heterocycles. The van der Waals surface area contributed by atoms with Crippen molar-refractivity contribution in [3.63, 3.8) is 0 Å². The van der Waals surface area contributed by atoms with Crippen LogP contribution in [0.25, 0.3) is 0 Å². The molecule has 7 nitrogen and oxygen atoms in total. The van der Waals surface area contributed by atoms with E-state index in [0.29, 0.717) is 23.3 Å². The standard InChI is InChI=1S/C18H20BrN3O4/c1-3-26-15-7-4-13(5-8-15)11-21(2)12-18(23)20-17-9-6-14(22(24)25)10-16(17)19/h4-10H,3,11-12H2,1-2H3,(H,20,23). The molecule has 26 heavy (non-hydrogen) atoms. The number of carbonyl (C=O) groups is 1. The molecule has 0 bridgehead atoms. The maximum absolute atomic E-state index is 12.2. The number of nitro groups is 1. The van der Waals surface area contributed by atoms with Crippen LogP contribution in [-0.4, -0.2) is 35.9 Å². The molecule has 0 aliphatic heterocycles. The number of anilines is 1. The fraction of sp³-hybridized carbons (Fsp3) is 0.278. The number of non-ortho nitro benzene ring substituents is 1. The lowest BCUT2D eigenvalue weighted by Gasteiger charge is -2.17. The van der Waals surface area contributed by atoms with Gasteiger partial charge in [0.25, 0.3) is 5.69 Å². The summed E-state index contributed by atoms with van der Waals surface area (Å²) in [6.07, 6.45) is 0. The smallest absolute Gasteiger partial charge is 0.270 e. The van der Waals surface area contributed by atoms with Gasteiger partial charge in [-0.3, -0.25) is 19.8 Å². The minimum absolute atomic E-state index is 0.0394. The Morgan fingerprint density at radius 2 is 1.96 bits per heavy atom. The maximum atomic E-state index is 12.2. The van der Waals surface area contributed by atoms with Gasteiger partial charge < -0.3 is 10.1 Å². The number of ether oxygens (including phenoxy) is 1. The van der Waals surface area contributed by atoms with Gasteiger partial charge in [0.05, 0.1) is 23.8 Å². The molecule has 0 fully saturated rings. The van der Waals surface area contributed by atoms with E-state index in [1.165, 1.54) is 18.2 Å². The first-order valence-electron chi connectivity index (χ1n) is 8.03. The second kappa shape index (κ2) is 9.30. The highest BCUT2D eigenvalue weighted by atomic mass is 79.9. The van der Waals surface area contributed by atoms with Gasteiger partial charge in [-0.1, -0.05) is 12.1 Å². The first kappa shape index (κ1) is 19.9. The van der Waals surface area contributed by atoms with Crippen LogP contribution < -0.4 is 10.1 Å². The van der Waals surface area contributed by atoms with Gasteiger partial charge in [0.2, 0.25) is 5.91 Å². The van der Waals surface area contributed by atoms with E-state index >= 15 is 0 Å². The predicted molar refractivity (Wildman–Crippen MR) is 103 cm³/mol. The van der Waals surface area contributed by atoms with Gasteiger partial charge in [-0.25, -0.2) is 0 Å². The van der Waals surface area contributed by atoms with Crippen molar-refractivity contribution in [3.05, 3.63) is 62.6 Å². The van der Waals surface area contributed by atoms with Gasteiger partial charge in [0.15, 0.2) is 0 Å². The molecule has 0 spiro atoms. The molecule has 2 rings (SSSR count). The summed E-state index contributed by atoms with van der Waals surface area (Å²) in [5, 5.41) is 13.5. The zero-order valence-electron chi connectivity index (χ0n) is 14.6. The lowest BCUT2D eigenvalue weighted by atomic mass is 10.2. The van der Waals surface area contributed by atoms with Crippen LogP contribution in [0.1, 0.15) is 12.5 Å². The minimum Gasteiger partial charge on any atom is -0.494 e. The highest BCUT2D eigenvalue weighted by Crippen LogP contribution is 2.27. The second-order valence-corrected chi connectivity index (χ2v) is 6.57. The molecule has 2 aromatic carbocycles. The number of nitro benzene ring substituents is 1. The van der Waals surface area contributed by atoms with Crippen LogP contribution in [0, 0.1) is 10.1 Å². The molecule has 0 aliphatic rings. The van der Waals surface area contributed by atoms with Gasteiger partial charge >= 0.3 is 0 Å².